The highest BCUT2D eigenvalue weighted by Crippen LogP contribution is 2.23. The summed E-state index contributed by atoms with van der Waals surface area (Å²) in [6, 6.07) is 0. The van der Waals surface area contributed by atoms with Gasteiger partial charge < -0.3 is 34.0 Å². The Bertz CT molecular complexity index is 383. The number of nitro groups is 1. The highest BCUT2D eigenvalue weighted by molar-refractivity contribution is 8.03. The van der Waals surface area contributed by atoms with E-state index >= 15 is 0 Å². The van der Waals surface area contributed by atoms with Crippen molar-refractivity contribution in [3.63, 3.8) is 0 Å². The molecule has 9 heteroatoms. The quantitative estimate of drug-likeness (QED) is 0.134. The smallest absolute Gasteiger partial charge is 0.413 e. The van der Waals surface area contributed by atoms with Crippen LogP contribution in [0.3, 0.4) is 0 Å². The average Bonchev–Trinajstić information content (AvgIpc) is 2.28. The first kappa shape index (κ1) is 19.8. The van der Waals surface area contributed by atoms with Crippen LogP contribution in [0.1, 0.15) is 13.3 Å². The van der Waals surface area contributed by atoms with Gasteiger partial charge in [-0.05, 0) is 24.2 Å². The van der Waals surface area contributed by atoms with E-state index in [1.807, 2.05) is 12.5 Å². The van der Waals surface area contributed by atoms with Gasteiger partial charge in [-0.15, -0.1) is 11.8 Å². The molecule has 0 aromatic carbocycles. The average molecular weight is 434 g/mol. The summed E-state index contributed by atoms with van der Waals surface area (Å²) in [7, 11) is 0.125. The Kier molecular flexibility index (Phi) is 9.64. The van der Waals surface area contributed by atoms with Crippen molar-refractivity contribution < 1.29 is 38.4 Å². The maximum Gasteiger partial charge on any atom is 0.413 e. The van der Waals surface area contributed by atoms with Gasteiger partial charge in [0.15, 0.2) is 5.03 Å². The summed E-state index contributed by atoms with van der Waals surface area (Å²) in [5.41, 5.74) is -0.469. The number of nitrogens with zero attached hydrogens (tertiary/aromatic N) is 1. The van der Waals surface area contributed by atoms with E-state index in [4.69, 9.17) is 4.74 Å². The van der Waals surface area contributed by atoms with Gasteiger partial charge in [0.25, 0.3) is 0 Å². The molecule has 0 spiro atoms. The number of nitrogens with one attached hydrogen (secondary N) is 1. The lowest BCUT2D eigenvalue weighted by Crippen LogP contribution is -3.00. The third-order valence-electron chi connectivity index (χ3n) is 2.32. The van der Waals surface area contributed by atoms with Crippen molar-refractivity contribution in [2.45, 2.75) is 19.4 Å². The molecule has 0 radical (unpaired) electrons. The predicted octanol–water partition coefficient (Wildman–Crippen LogP) is -2.03. The van der Waals surface area contributed by atoms with Crippen molar-refractivity contribution in [1.82, 2.24) is 5.32 Å². The molecule has 1 heterocycles. The van der Waals surface area contributed by atoms with Gasteiger partial charge in [-0.2, -0.15) is 0 Å². The summed E-state index contributed by atoms with van der Waals surface area (Å²) in [5, 5.41) is 14.3. The summed E-state index contributed by atoms with van der Waals surface area (Å²) >= 11 is 1.30. The Morgan fingerprint density at radius 1 is 1.60 bits per heavy atom. The van der Waals surface area contributed by atoms with Crippen LogP contribution in [0, 0.1) is 10.1 Å². The molecular formula is C11H19IN2O4S2. The van der Waals surface area contributed by atoms with Gasteiger partial charge in [-0.3, -0.25) is 10.1 Å². The number of ether oxygens (including phenoxy) is 1. The summed E-state index contributed by atoms with van der Waals surface area (Å²) in [5.74, 6) is 0.641. The minimum atomic E-state index is -0.847. The molecule has 1 aliphatic heterocycles. The fraction of sp³-hybridized carbons (Fsp3) is 0.727. The Morgan fingerprint density at radius 3 is 2.70 bits per heavy atom. The molecule has 0 aromatic heterocycles. The zero-order valence-corrected chi connectivity index (χ0v) is 15.5. The number of carbonyl (C=O) groups is 1. The van der Waals surface area contributed by atoms with E-state index in [-0.39, 0.29) is 41.0 Å². The zero-order valence-electron chi connectivity index (χ0n) is 11.7. The van der Waals surface area contributed by atoms with Crippen LogP contribution in [0.25, 0.3) is 0 Å². The molecule has 1 unspecified atom stereocenters. The Hall–Kier alpha value is -0.160. The fourth-order valence-corrected chi connectivity index (χ4v) is 3.64. The largest absolute Gasteiger partial charge is 1.00 e. The second-order valence-corrected chi connectivity index (χ2v) is 7.84. The standard InChI is InChI=1S/C11H18N2O4S2.HI/c1-8(7-19(2)3)17-11(14)9(13(15)16)10-12-5-4-6-18-10;/h8H,4-7H2,1-3H3;1H. The van der Waals surface area contributed by atoms with E-state index in [9.17, 15) is 14.9 Å². The number of halogens is 1. The normalized spacial score (nSPS) is 18.6. The molecule has 1 atom stereocenters. The van der Waals surface area contributed by atoms with Crippen molar-refractivity contribution >= 4 is 28.6 Å². The van der Waals surface area contributed by atoms with Crippen LogP contribution in [0.4, 0.5) is 0 Å². The predicted molar refractivity (Wildman–Crippen MR) is 78.7 cm³/mol. The Morgan fingerprint density at radius 2 is 2.25 bits per heavy atom. The van der Waals surface area contributed by atoms with Crippen LogP contribution in [0.15, 0.2) is 10.7 Å². The second kappa shape index (κ2) is 9.72. The highest BCUT2D eigenvalue weighted by Gasteiger charge is 2.32. The van der Waals surface area contributed by atoms with E-state index in [0.29, 0.717) is 17.3 Å². The van der Waals surface area contributed by atoms with E-state index in [2.05, 4.69) is 5.32 Å². The van der Waals surface area contributed by atoms with Gasteiger partial charge in [0.05, 0.1) is 17.4 Å². The molecular weight excluding hydrogens is 415 g/mol. The van der Waals surface area contributed by atoms with Gasteiger partial charge in [0, 0.05) is 12.3 Å². The van der Waals surface area contributed by atoms with Gasteiger partial charge in [-0.1, -0.05) is 0 Å². The summed E-state index contributed by atoms with van der Waals surface area (Å²) < 4.78 is 5.15. The fourth-order valence-electron chi connectivity index (χ4n) is 1.64. The molecule has 0 aromatic rings. The number of hydrogen-bond donors (Lipinski definition) is 1. The lowest BCUT2D eigenvalue weighted by atomic mass is 10.4. The molecule has 1 aliphatic rings. The van der Waals surface area contributed by atoms with E-state index in [1.54, 1.807) is 6.92 Å². The molecule has 0 aliphatic carbocycles. The van der Waals surface area contributed by atoms with Crippen LogP contribution in [-0.2, 0) is 20.4 Å². The van der Waals surface area contributed by atoms with Gasteiger partial charge in [-0.25, -0.2) is 4.79 Å². The van der Waals surface area contributed by atoms with Crippen molar-refractivity contribution in [3.8, 4) is 0 Å². The minimum absolute atomic E-state index is 0. The number of hydrogen-bond acceptors (Lipinski definition) is 6. The minimum Gasteiger partial charge on any atom is -1.00 e. The first-order valence-electron chi connectivity index (χ1n) is 5.92. The van der Waals surface area contributed by atoms with Gasteiger partial charge >= 0.3 is 11.7 Å². The molecule has 1 rings (SSSR count). The Balaban J connectivity index is 0.00000361. The summed E-state index contributed by atoms with van der Waals surface area (Å²) in [4.78, 5) is 22.3. The van der Waals surface area contributed by atoms with Crippen LogP contribution in [-0.4, -0.2) is 47.6 Å². The van der Waals surface area contributed by atoms with Gasteiger partial charge in [0.1, 0.15) is 11.9 Å². The van der Waals surface area contributed by atoms with E-state index in [0.717, 1.165) is 12.2 Å². The lowest BCUT2D eigenvalue weighted by Gasteiger charge is -2.16. The number of carbonyl (C=O) groups excluding carboxylic acids is 1. The molecule has 1 saturated heterocycles. The molecule has 1 N–H and O–H groups in total. The second-order valence-electron chi connectivity index (χ2n) is 4.43. The lowest BCUT2D eigenvalue weighted by molar-refractivity contribution is -0.422. The van der Waals surface area contributed by atoms with Crippen molar-refractivity contribution in [2.24, 2.45) is 0 Å². The number of rotatable bonds is 5. The molecule has 0 amide bonds. The molecule has 20 heavy (non-hydrogen) atoms. The first-order valence-corrected chi connectivity index (χ1v) is 9.12. The summed E-state index contributed by atoms with van der Waals surface area (Å²) in [6.07, 6.45) is 4.69. The topological polar surface area (TPSA) is 81.5 Å². The van der Waals surface area contributed by atoms with Crippen LogP contribution in [0.5, 0.6) is 0 Å². The van der Waals surface area contributed by atoms with Crippen molar-refractivity contribution in [3.05, 3.63) is 20.8 Å². The summed E-state index contributed by atoms with van der Waals surface area (Å²) in [6.45, 7) is 2.41. The van der Waals surface area contributed by atoms with Crippen LogP contribution >= 0.6 is 11.8 Å². The SMILES string of the molecule is CC(C[S+](C)C)OC(=O)C(=C1NCCCS1)[N+](=O)[O-].[I-]. The first-order chi connectivity index (χ1) is 8.91. The molecule has 1 fully saturated rings. The molecule has 0 bridgehead atoms. The molecule has 6 nitrogen and oxygen atoms in total. The monoisotopic (exact) mass is 434 g/mol. The number of esters is 1. The number of thioether (sulfide) groups is 1. The third-order valence-corrected chi connectivity index (χ3v) is 4.58. The van der Waals surface area contributed by atoms with Crippen LogP contribution < -0.4 is 29.3 Å². The van der Waals surface area contributed by atoms with E-state index < -0.39 is 16.6 Å². The third kappa shape index (κ3) is 6.53. The van der Waals surface area contributed by atoms with Crippen LogP contribution in [0.2, 0.25) is 0 Å². The Labute approximate surface area is 143 Å². The molecule has 0 saturated carbocycles. The van der Waals surface area contributed by atoms with Gasteiger partial charge in [0.2, 0.25) is 0 Å². The maximum absolute atomic E-state index is 11.9. The molecule has 116 valence electrons. The zero-order chi connectivity index (χ0) is 14.4. The maximum atomic E-state index is 11.9. The van der Waals surface area contributed by atoms with Crippen molar-refractivity contribution in [2.75, 3.05) is 30.6 Å². The van der Waals surface area contributed by atoms with E-state index in [1.165, 1.54) is 11.8 Å². The van der Waals surface area contributed by atoms with Crippen molar-refractivity contribution in [1.29, 1.82) is 0 Å². The highest BCUT2D eigenvalue weighted by atomic mass is 127.